The average Bonchev–Trinajstić information content (AvgIpc) is 2.69. The summed E-state index contributed by atoms with van der Waals surface area (Å²) in [6.45, 7) is 1.32. The van der Waals surface area contributed by atoms with E-state index in [9.17, 15) is 14.7 Å². The van der Waals surface area contributed by atoms with Gasteiger partial charge in [-0.3, -0.25) is 14.5 Å². The van der Waals surface area contributed by atoms with E-state index in [0.717, 1.165) is 25.7 Å². The van der Waals surface area contributed by atoms with E-state index in [0.29, 0.717) is 25.9 Å². The van der Waals surface area contributed by atoms with Gasteiger partial charge in [-0.05, 0) is 25.8 Å². The van der Waals surface area contributed by atoms with Crippen molar-refractivity contribution in [2.45, 2.75) is 57.1 Å². The number of hydrogen-bond acceptors (Lipinski definition) is 4. The number of nitrogens with zero attached hydrogens (tertiary/aromatic N) is 1. The highest BCUT2D eigenvalue weighted by Gasteiger charge is 2.37. The number of rotatable bonds is 9. The van der Waals surface area contributed by atoms with Crippen LogP contribution >= 0.6 is 0 Å². The summed E-state index contributed by atoms with van der Waals surface area (Å²) in [6, 6.07) is -0.757. The third-order valence-electron chi connectivity index (χ3n) is 3.56. The molecular formula is C13H23NO5. The number of carboxylic acids is 2. The highest BCUT2D eigenvalue weighted by atomic mass is 16.4. The number of unbranched alkanes of at least 4 members (excludes halogenated alkanes) is 4. The van der Waals surface area contributed by atoms with E-state index >= 15 is 0 Å². The van der Waals surface area contributed by atoms with Gasteiger partial charge in [0.05, 0.1) is 6.10 Å². The molecule has 0 aromatic rings. The van der Waals surface area contributed by atoms with E-state index < -0.39 is 24.1 Å². The van der Waals surface area contributed by atoms with Crippen LogP contribution in [0.1, 0.15) is 44.9 Å². The SMILES string of the molecule is O=C(O)CCCCCCCN1CCC(O)[C@H]1C(=O)O. The summed E-state index contributed by atoms with van der Waals surface area (Å²) in [7, 11) is 0. The summed E-state index contributed by atoms with van der Waals surface area (Å²) in [6.07, 6.45) is 4.43. The lowest BCUT2D eigenvalue weighted by molar-refractivity contribution is -0.145. The number of carboxylic acid groups (broad SMARTS) is 2. The van der Waals surface area contributed by atoms with E-state index in [2.05, 4.69) is 0 Å². The zero-order valence-corrected chi connectivity index (χ0v) is 11.1. The Labute approximate surface area is 113 Å². The van der Waals surface area contributed by atoms with Crippen molar-refractivity contribution in [2.75, 3.05) is 13.1 Å². The predicted molar refractivity (Wildman–Crippen MR) is 69.0 cm³/mol. The Morgan fingerprint density at radius 3 is 2.32 bits per heavy atom. The van der Waals surface area contributed by atoms with Crippen LogP contribution in [0.4, 0.5) is 0 Å². The van der Waals surface area contributed by atoms with Crippen molar-refractivity contribution in [1.29, 1.82) is 0 Å². The molecule has 2 atom stereocenters. The average molecular weight is 273 g/mol. The lowest BCUT2D eigenvalue weighted by Gasteiger charge is -2.22. The van der Waals surface area contributed by atoms with Gasteiger partial charge >= 0.3 is 11.9 Å². The Morgan fingerprint density at radius 2 is 1.68 bits per heavy atom. The van der Waals surface area contributed by atoms with Gasteiger partial charge in [0.15, 0.2) is 0 Å². The lowest BCUT2D eigenvalue weighted by atomic mass is 10.1. The van der Waals surface area contributed by atoms with Crippen molar-refractivity contribution in [3.63, 3.8) is 0 Å². The second kappa shape index (κ2) is 8.12. The molecule has 6 nitrogen and oxygen atoms in total. The van der Waals surface area contributed by atoms with Gasteiger partial charge in [-0.2, -0.15) is 0 Å². The minimum Gasteiger partial charge on any atom is -0.481 e. The van der Waals surface area contributed by atoms with E-state index in [-0.39, 0.29) is 6.42 Å². The molecule has 1 unspecified atom stereocenters. The minimum atomic E-state index is -0.952. The van der Waals surface area contributed by atoms with Gasteiger partial charge in [-0.25, -0.2) is 0 Å². The first-order chi connectivity index (χ1) is 9.02. The van der Waals surface area contributed by atoms with Crippen LogP contribution in [0.2, 0.25) is 0 Å². The zero-order valence-electron chi connectivity index (χ0n) is 11.1. The quantitative estimate of drug-likeness (QED) is 0.541. The van der Waals surface area contributed by atoms with Crippen LogP contribution in [0.25, 0.3) is 0 Å². The smallest absolute Gasteiger partial charge is 0.323 e. The van der Waals surface area contributed by atoms with E-state index in [4.69, 9.17) is 10.2 Å². The number of likely N-dealkylation sites (tertiary alicyclic amines) is 1. The summed E-state index contributed by atoms with van der Waals surface area (Å²) in [4.78, 5) is 23.1. The summed E-state index contributed by atoms with van der Waals surface area (Å²) in [5.74, 6) is -1.71. The van der Waals surface area contributed by atoms with Crippen LogP contribution in [0.3, 0.4) is 0 Å². The molecule has 0 aliphatic carbocycles. The van der Waals surface area contributed by atoms with Gasteiger partial charge in [0.1, 0.15) is 6.04 Å². The third-order valence-corrected chi connectivity index (χ3v) is 3.56. The van der Waals surface area contributed by atoms with Crippen LogP contribution in [0, 0.1) is 0 Å². The molecule has 0 saturated carbocycles. The Morgan fingerprint density at radius 1 is 1.05 bits per heavy atom. The summed E-state index contributed by atoms with van der Waals surface area (Å²) in [5, 5.41) is 27.1. The monoisotopic (exact) mass is 273 g/mol. The van der Waals surface area contributed by atoms with Crippen LogP contribution in [0.5, 0.6) is 0 Å². The standard InChI is InChI=1S/C13H23NO5/c15-10-7-9-14(12(10)13(18)19)8-5-3-1-2-4-6-11(16)17/h10,12,15H,1-9H2,(H,16,17)(H,18,19)/t10?,12-/m0/s1. The molecule has 110 valence electrons. The van der Waals surface area contributed by atoms with Crippen molar-refractivity contribution in [1.82, 2.24) is 4.90 Å². The van der Waals surface area contributed by atoms with Gasteiger partial charge in [-0.1, -0.05) is 19.3 Å². The van der Waals surface area contributed by atoms with Crippen LogP contribution in [-0.2, 0) is 9.59 Å². The maximum absolute atomic E-state index is 11.0. The number of aliphatic hydroxyl groups is 1. The molecule has 1 heterocycles. The van der Waals surface area contributed by atoms with Gasteiger partial charge in [0.25, 0.3) is 0 Å². The fourth-order valence-corrected chi connectivity index (χ4v) is 2.53. The molecule has 0 aromatic heterocycles. The summed E-state index contributed by atoms with van der Waals surface area (Å²) < 4.78 is 0. The van der Waals surface area contributed by atoms with Gasteiger partial charge in [0, 0.05) is 13.0 Å². The van der Waals surface area contributed by atoms with Crippen LogP contribution in [-0.4, -0.2) is 57.4 Å². The highest BCUT2D eigenvalue weighted by Crippen LogP contribution is 2.19. The molecule has 0 amide bonds. The number of aliphatic carboxylic acids is 2. The molecule has 0 radical (unpaired) electrons. The number of hydrogen-bond donors (Lipinski definition) is 3. The molecule has 1 aliphatic heterocycles. The number of carbonyl (C=O) groups is 2. The van der Waals surface area contributed by atoms with Crippen molar-refractivity contribution >= 4 is 11.9 Å². The topological polar surface area (TPSA) is 98.1 Å². The first-order valence-electron chi connectivity index (χ1n) is 6.89. The molecule has 0 aromatic carbocycles. The van der Waals surface area contributed by atoms with Crippen LogP contribution in [0.15, 0.2) is 0 Å². The molecule has 1 saturated heterocycles. The van der Waals surface area contributed by atoms with E-state index in [1.54, 1.807) is 0 Å². The summed E-state index contributed by atoms with van der Waals surface area (Å²) >= 11 is 0. The van der Waals surface area contributed by atoms with Crippen molar-refractivity contribution in [3.8, 4) is 0 Å². The molecule has 6 heteroatoms. The Kier molecular flexibility index (Phi) is 6.80. The molecule has 1 fully saturated rings. The number of aliphatic hydroxyl groups excluding tert-OH is 1. The van der Waals surface area contributed by atoms with Crippen molar-refractivity contribution in [3.05, 3.63) is 0 Å². The predicted octanol–water partition coefficient (Wildman–Crippen LogP) is 0.931. The largest absolute Gasteiger partial charge is 0.481 e. The molecule has 1 rings (SSSR count). The molecule has 1 aliphatic rings. The zero-order chi connectivity index (χ0) is 14.3. The second-order valence-corrected chi connectivity index (χ2v) is 5.09. The normalized spacial score (nSPS) is 23.6. The third kappa shape index (κ3) is 5.57. The second-order valence-electron chi connectivity index (χ2n) is 5.09. The fraction of sp³-hybridized carbons (Fsp3) is 0.846. The van der Waals surface area contributed by atoms with Gasteiger partial charge in [0.2, 0.25) is 0 Å². The molecular weight excluding hydrogens is 250 g/mol. The first-order valence-corrected chi connectivity index (χ1v) is 6.89. The minimum absolute atomic E-state index is 0.222. The molecule has 19 heavy (non-hydrogen) atoms. The molecule has 0 bridgehead atoms. The fourth-order valence-electron chi connectivity index (χ4n) is 2.53. The Bertz CT molecular complexity index is 307. The lowest BCUT2D eigenvalue weighted by Crippen LogP contribution is -2.42. The van der Waals surface area contributed by atoms with Crippen LogP contribution < -0.4 is 0 Å². The Hall–Kier alpha value is -1.14. The maximum atomic E-state index is 11.0. The summed E-state index contributed by atoms with van der Waals surface area (Å²) in [5.41, 5.74) is 0. The van der Waals surface area contributed by atoms with Crippen molar-refractivity contribution in [2.24, 2.45) is 0 Å². The van der Waals surface area contributed by atoms with Gasteiger partial charge in [-0.15, -0.1) is 0 Å². The molecule has 0 spiro atoms. The van der Waals surface area contributed by atoms with Gasteiger partial charge < -0.3 is 15.3 Å². The maximum Gasteiger partial charge on any atom is 0.323 e. The first kappa shape index (κ1) is 15.9. The highest BCUT2D eigenvalue weighted by molar-refractivity contribution is 5.74. The van der Waals surface area contributed by atoms with E-state index in [1.807, 2.05) is 4.90 Å². The molecule has 3 N–H and O–H groups in total. The van der Waals surface area contributed by atoms with E-state index in [1.165, 1.54) is 0 Å². The van der Waals surface area contributed by atoms with Crippen molar-refractivity contribution < 1.29 is 24.9 Å². The Balaban J connectivity index is 2.09.